The molecule has 0 rings (SSSR count). The zero-order valence-corrected chi connectivity index (χ0v) is 65.7. The van der Waals surface area contributed by atoms with Crippen LogP contribution in [0.4, 0.5) is 0 Å². The van der Waals surface area contributed by atoms with Crippen LogP contribution in [0.25, 0.3) is 0 Å². The summed E-state index contributed by atoms with van der Waals surface area (Å²) in [6.45, 7) is 7.32. The third-order valence-corrected chi connectivity index (χ3v) is 20.4. The van der Waals surface area contributed by atoms with E-state index in [1.54, 1.807) is 0 Å². The van der Waals surface area contributed by atoms with E-state index in [2.05, 4.69) is 34.6 Å². The maximum absolute atomic E-state index is 13.1. The maximum atomic E-state index is 13.1. The molecule has 0 saturated carbocycles. The average molecular weight is 1440 g/mol. The summed E-state index contributed by atoms with van der Waals surface area (Å²) < 4.78 is 68.6. The van der Waals surface area contributed by atoms with Crippen LogP contribution in [-0.2, 0) is 65.4 Å². The molecule has 0 aromatic rings. The maximum Gasteiger partial charge on any atom is 0.472 e. The van der Waals surface area contributed by atoms with Crippen LogP contribution in [-0.4, -0.2) is 96.7 Å². The van der Waals surface area contributed by atoms with Gasteiger partial charge in [0.1, 0.15) is 19.3 Å². The molecule has 0 aliphatic rings. The number of phosphoric acid groups is 2. The number of hydrogen-bond donors (Lipinski definition) is 3. The third kappa shape index (κ3) is 72.4. The molecular weight excluding hydrogens is 1280 g/mol. The lowest BCUT2D eigenvalue weighted by Crippen LogP contribution is -2.30. The molecule has 0 fully saturated rings. The number of carbonyl (C=O) groups is 4. The molecular formula is C79H154O17P2. The third-order valence-electron chi connectivity index (χ3n) is 18.5. The predicted molar refractivity (Wildman–Crippen MR) is 400 cm³/mol. The Bertz CT molecular complexity index is 1870. The molecule has 0 amide bonds. The molecule has 0 heterocycles. The van der Waals surface area contributed by atoms with Gasteiger partial charge in [-0.25, -0.2) is 9.13 Å². The van der Waals surface area contributed by atoms with Gasteiger partial charge in [-0.05, 0) is 31.6 Å². The number of phosphoric ester groups is 2. The van der Waals surface area contributed by atoms with Gasteiger partial charge in [-0.15, -0.1) is 0 Å². The van der Waals surface area contributed by atoms with E-state index < -0.39 is 97.5 Å². The Morgan fingerprint density at radius 2 is 0.469 bits per heavy atom. The number of rotatable bonds is 79. The first-order chi connectivity index (χ1) is 47.5. The van der Waals surface area contributed by atoms with Crippen molar-refractivity contribution in [2.45, 2.75) is 438 Å². The molecule has 0 aromatic heterocycles. The average Bonchev–Trinajstić information content (AvgIpc) is 1.13. The van der Waals surface area contributed by atoms with Crippen LogP contribution in [0.15, 0.2) is 0 Å². The Kier molecular flexibility index (Phi) is 70.6. The summed E-state index contributed by atoms with van der Waals surface area (Å²) in [4.78, 5) is 72.9. The Hall–Kier alpha value is -1.94. The number of esters is 4. The Morgan fingerprint density at radius 1 is 0.276 bits per heavy atom. The molecule has 0 bridgehead atoms. The first-order valence-electron chi connectivity index (χ1n) is 41.1. The molecule has 0 spiro atoms. The van der Waals surface area contributed by atoms with Crippen LogP contribution in [0.5, 0.6) is 0 Å². The van der Waals surface area contributed by atoms with Crippen LogP contribution in [0, 0.1) is 5.92 Å². The van der Waals surface area contributed by atoms with Crippen LogP contribution in [0.3, 0.4) is 0 Å². The Labute approximate surface area is 600 Å². The van der Waals surface area contributed by atoms with Crippen molar-refractivity contribution in [3.63, 3.8) is 0 Å². The number of aliphatic hydroxyl groups excluding tert-OH is 1. The highest BCUT2D eigenvalue weighted by molar-refractivity contribution is 7.47. The molecule has 3 N–H and O–H groups in total. The highest BCUT2D eigenvalue weighted by Gasteiger charge is 2.30. The fraction of sp³-hybridized carbons (Fsp3) is 0.949. The SMILES string of the molecule is CCCCCCCCCCCCCCCCCCCCCCC(=O)O[C@H](COC(=O)CCCCCCCCCCCCCCC(C)C)COP(=O)(O)OC[C@@H](O)COP(=O)(O)OC[C@@H](COC(=O)CCCCCCCCCCCCC)OC(=O)CCCCCCCCCCCCCC. The molecule has 0 aliphatic heterocycles. The van der Waals surface area contributed by atoms with E-state index in [1.807, 2.05) is 0 Å². The topological polar surface area (TPSA) is 237 Å². The molecule has 0 aliphatic carbocycles. The van der Waals surface area contributed by atoms with Crippen LogP contribution >= 0.6 is 15.6 Å². The van der Waals surface area contributed by atoms with Crippen LogP contribution in [0.1, 0.15) is 420 Å². The van der Waals surface area contributed by atoms with Gasteiger partial charge in [0.2, 0.25) is 0 Å². The van der Waals surface area contributed by atoms with E-state index in [-0.39, 0.29) is 25.7 Å². The zero-order chi connectivity index (χ0) is 71.9. The summed E-state index contributed by atoms with van der Waals surface area (Å²) in [5.74, 6) is -1.33. The van der Waals surface area contributed by atoms with Gasteiger partial charge < -0.3 is 33.8 Å². The summed E-state index contributed by atoms with van der Waals surface area (Å²) in [5, 5.41) is 10.6. The molecule has 582 valence electrons. The van der Waals surface area contributed by atoms with Crippen molar-refractivity contribution in [1.82, 2.24) is 0 Å². The highest BCUT2D eigenvalue weighted by atomic mass is 31.2. The van der Waals surface area contributed by atoms with Crippen molar-refractivity contribution in [3.05, 3.63) is 0 Å². The van der Waals surface area contributed by atoms with Gasteiger partial charge >= 0.3 is 39.5 Å². The van der Waals surface area contributed by atoms with Crippen molar-refractivity contribution in [3.8, 4) is 0 Å². The second kappa shape index (κ2) is 72.0. The normalized spacial score (nSPS) is 13.9. The van der Waals surface area contributed by atoms with E-state index in [4.69, 9.17) is 37.0 Å². The van der Waals surface area contributed by atoms with Crippen molar-refractivity contribution in [1.29, 1.82) is 0 Å². The Balaban J connectivity index is 5.22. The molecule has 0 saturated heterocycles. The van der Waals surface area contributed by atoms with Crippen molar-refractivity contribution in [2.24, 2.45) is 5.92 Å². The minimum Gasteiger partial charge on any atom is -0.462 e. The van der Waals surface area contributed by atoms with Crippen molar-refractivity contribution >= 4 is 39.5 Å². The second-order valence-corrected chi connectivity index (χ2v) is 31.8. The van der Waals surface area contributed by atoms with Gasteiger partial charge in [0.05, 0.1) is 26.4 Å². The molecule has 98 heavy (non-hydrogen) atoms. The van der Waals surface area contributed by atoms with Crippen molar-refractivity contribution < 1.29 is 80.2 Å². The summed E-state index contributed by atoms with van der Waals surface area (Å²) >= 11 is 0. The number of aliphatic hydroxyl groups is 1. The lowest BCUT2D eigenvalue weighted by atomic mass is 10.0. The highest BCUT2D eigenvalue weighted by Crippen LogP contribution is 2.45. The molecule has 19 heteroatoms. The van der Waals surface area contributed by atoms with Crippen molar-refractivity contribution in [2.75, 3.05) is 39.6 Å². The summed E-state index contributed by atoms with van der Waals surface area (Å²) in [7, 11) is -9.91. The van der Waals surface area contributed by atoms with Gasteiger partial charge in [-0.3, -0.25) is 37.3 Å². The van der Waals surface area contributed by atoms with E-state index in [1.165, 1.54) is 244 Å². The fourth-order valence-corrected chi connectivity index (χ4v) is 13.8. The number of carbonyl (C=O) groups excluding carboxylic acids is 4. The fourth-order valence-electron chi connectivity index (χ4n) is 12.2. The van der Waals surface area contributed by atoms with E-state index in [0.717, 1.165) is 95.8 Å². The monoisotopic (exact) mass is 1440 g/mol. The molecule has 0 aromatic carbocycles. The lowest BCUT2D eigenvalue weighted by molar-refractivity contribution is -0.161. The van der Waals surface area contributed by atoms with Gasteiger partial charge in [-0.2, -0.15) is 0 Å². The predicted octanol–water partition coefficient (Wildman–Crippen LogP) is 23.6. The van der Waals surface area contributed by atoms with E-state index in [9.17, 15) is 43.2 Å². The standard InChI is InChI=1S/C79H154O17P2/c1-6-9-12-15-18-21-24-26-27-28-29-30-31-32-33-40-45-50-55-60-65-79(84)96-75(69-90-77(82)63-58-53-48-43-39-35-34-37-41-46-51-56-61-72(4)5)71-94-98(87,88)92-67-73(80)66-91-97(85,86)93-70-74(68-89-76(81)62-57-52-47-42-36-23-20-17-14-11-8-3)95-78(83)64-59-54-49-44-38-25-22-19-16-13-10-7-2/h72-75,80H,6-71H2,1-5H3,(H,85,86)(H,87,88)/t73-,74+,75+/m0/s1. The zero-order valence-electron chi connectivity index (χ0n) is 63.9. The molecule has 17 nitrogen and oxygen atoms in total. The number of hydrogen-bond acceptors (Lipinski definition) is 15. The second-order valence-electron chi connectivity index (χ2n) is 28.9. The van der Waals surface area contributed by atoms with E-state index in [0.29, 0.717) is 25.7 Å². The first-order valence-corrected chi connectivity index (χ1v) is 44.1. The quantitative estimate of drug-likeness (QED) is 0.0222. The largest absolute Gasteiger partial charge is 0.472 e. The molecule has 0 radical (unpaired) electrons. The first kappa shape index (κ1) is 96.1. The van der Waals surface area contributed by atoms with Crippen LogP contribution in [0.2, 0.25) is 0 Å². The summed E-state index contributed by atoms with van der Waals surface area (Å²) in [6, 6.07) is 0. The van der Waals surface area contributed by atoms with Gasteiger partial charge in [0.25, 0.3) is 0 Å². The summed E-state index contributed by atoms with van der Waals surface area (Å²) in [5.41, 5.74) is 0. The van der Waals surface area contributed by atoms with Crippen LogP contribution < -0.4 is 0 Å². The lowest BCUT2D eigenvalue weighted by Gasteiger charge is -2.21. The summed E-state index contributed by atoms with van der Waals surface area (Å²) in [6.07, 6.45) is 62.3. The minimum absolute atomic E-state index is 0.108. The smallest absolute Gasteiger partial charge is 0.462 e. The number of ether oxygens (including phenoxy) is 4. The van der Waals surface area contributed by atoms with E-state index >= 15 is 0 Å². The molecule has 5 atom stereocenters. The van der Waals surface area contributed by atoms with Gasteiger partial charge in [-0.1, -0.05) is 369 Å². The minimum atomic E-state index is -4.96. The number of unbranched alkanes of at least 4 members (excludes halogenated alkanes) is 51. The molecule has 2 unspecified atom stereocenters. The Morgan fingerprint density at radius 3 is 0.694 bits per heavy atom. The van der Waals surface area contributed by atoms with Gasteiger partial charge in [0.15, 0.2) is 12.2 Å². The van der Waals surface area contributed by atoms with Gasteiger partial charge in [0, 0.05) is 25.7 Å².